The van der Waals surface area contributed by atoms with Crippen LogP contribution in [0.4, 0.5) is 0 Å². The molecule has 0 saturated carbocycles. The Balaban J connectivity index is 2.05. The van der Waals surface area contributed by atoms with Crippen LogP contribution in [0.1, 0.15) is 13.8 Å². The van der Waals surface area contributed by atoms with Gasteiger partial charge < -0.3 is 9.47 Å². The second-order valence-electron chi connectivity index (χ2n) is 3.28. The van der Waals surface area contributed by atoms with Gasteiger partial charge >= 0.3 is 6.01 Å². The molecule has 0 aromatic carbocycles. The molecule has 0 aliphatic carbocycles. The first-order valence-electron chi connectivity index (χ1n) is 4.67. The van der Waals surface area contributed by atoms with Crippen molar-refractivity contribution in [3.05, 3.63) is 18.5 Å². The molecule has 0 aliphatic heterocycles. The lowest BCUT2D eigenvalue weighted by molar-refractivity contribution is 0.0792. The summed E-state index contributed by atoms with van der Waals surface area (Å²) in [7, 11) is 0. The third-order valence-electron chi connectivity index (χ3n) is 1.41. The molecule has 0 N–H and O–H groups in total. The maximum Gasteiger partial charge on any atom is 0.316 e. The van der Waals surface area contributed by atoms with Crippen LogP contribution >= 0.6 is 0 Å². The first kappa shape index (κ1) is 10.9. The van der Waals surface area contributed by atoms with Crippen LogP contribution < -0.4 is 4.74 Å². The first-order chi connectivity index (χ1) is 6.79. The number of rotatable bonds is 6. The van der Waals surface area contributed by atoms with Crippen molar-refractivity contribution < 1.29 is 9.47 Å². The molecule has 14 heavy (non-hydrogen) atoms. The number of ether oxygens (including phenoxy) is 2. The third kappa shape index (κ3) is 4.77. The largest absolute Gasteiger partial charge is 0.461 e. The fourth-order valence-electron chi connectivity index (χ4n) is 0.837. The standard InChI is InChI=1S/C10H15N2O2/c1-9(2)8-13-6-7-14-10-11-4-3-5-12-10/h4-5,9H,6-8H2,1-2H3. The lowest BCUT2D eigenvalue weighted by Crippen LogP contribution is -2.11. The maximum absolute atomic E-state index is 5.33. The highest BCUT2D eigenvalue weighted by Crippen LogP contribution is 1.97. The van der Waals surface area contributed by atoms with E-state index in [0.29, 0.717) is 25.1 Å². The normalized spacial score (nSPS) is 10.5. The summed E-state index contributed by atoms with van der Waals surface area (Å²) in [5, 5.41) is 0. The molecule has 0 spiro atoms. The van der Waals surface area contributed by atoms with Crippen molar-refractivity contribution >= 4 is 0 Å². The molecule has 1 aromatic heterocycles. The van der Waals surface area contributed by atoms with E-state index in [2.05, 4.69) is 29.9 Å². The molecule has 0 saturated heterocycles. The zero-order valence-corrected chi connectivity index (χ0v) is 8.56. The van der Waals surface area contributed by atoms with E-state index in [1.54, 1.807) is 0 Å². The number of hydrogen-bond acceptors (Lipinski definition) is 4. The molecule has 4 nitrogen and oxygen atoms in total. The van der Waals surface area contributed by atoms with Crippen molar-refractivity contribution in [1.29, 1.82) is 0 Å². The summed E-state index contributed by atoms with van der Waals surface area (Å²) in [6.07, 6.45) is 3.05. The molecule has 1 aromatic rings. The summed E-state index contributed by atoms with van der Waals surface area (Å²) in [5.41, 5.74) is 0. The second-order valence-corrected chi connectivity index (χ2v) is 3.28. The molecule has 0 fully saturated rings. The number of nitrogens with zero attached hydrogens (tertiary/aromatic N) is 2. The van der Waals surface area contributed by atoms with Gasteiger partial charge in [-0.3, -0.25) is 0 Å². The van der Waals surface area contributed by atoms with E-state index < -0.39 is 0 Å². The number of aromatic nitrogens is 2. The molecule has 0 amide bonds. The Hall–Kier alpha value is -1.16. The van der Waals surface area contributed by atoms with Gasteiger partial charge in [-0.05, 0) is 5.92 Å². The predicted molar refractivity (Wildman–Crippen MR) is 52.0 cm³/mol. The second kappa shape index (κ2) is 6.32. The van der Waals surface area contributed by atoms with E-state index in [0.717, 1.165) is 6.61 Å². The van der Waals surface area contributed by atoms with Gasteiger partial charge in [-0.2, -0.15) is 0 Å². The Morgan fingerprint density at radius 3 is 2.64 bits per heavy atom. The summed E-state index contributed by atoms with van der Waals surface area (Å²) in [6, 6.07) is 3.09. The average molecular weight is 195 g/mol. The van der Waals surface area contributed by atoms with Gasteiger partial charge in [-0.1, -0.05) is 13.8 Å². The summed E-state index contributed by atoms with van der Waals surface area (Å²) in [5.74, 6) is 0.553. The molecular formula is C10H15N2O2. The smallest absolute Gasteiger partial charge is 0.316 e. The zero-order valence-electron chi connectivity index (χ0n) is 8.56. The Bertz CT molecular complexity index is 239. The van der Waals surface area contributed by atoms with Crippen LogP contribution in [0.5, 0.6) is 6.01 Å². The quantitative estimate of drug-likeness (QED) is 0.642. The zero-order chi connectivity index (χ0) is 10.2. The van der Waals surface area contributed by atoms with Gasteiger partial charge in [0.05, 0.1) is 6.61 Å². The van der Waals surface area contributed by atoms with E-state index >= 15 is 0 Å². The summed E-state index contributed by atoms with van der Waals surface area (Å²) < 4.78 is 10.5. The van der Waals surface area contributed by atoms with Crippen molar-refractivity contribution in [2.24, 2.45) is 5.92 Å². The topological polar surface area (TPSA) is 44.2 Å². The van der Waals surface area contributed by atoms with Gasteiger partial charge in [0.15, 0.2) is 0 Å². The number of hydrogen-bond donors (Lipinski definition) is 0. The highest BCUT2D eigenvalue weighted by atomic mass is 16.5. The van der Waals surface area contributed by atoms with Crippen molar-refractivity contribution in [3.8, 4) is 6.01 Å². The molecule has 1 heterocycles. The molecule has 0 bridgehead atoms. The van der Waals surface area contributed by atoms with Crippen LogP contribution in [0.15, 0.2) is 12.4 Å². The Morgan fingerprint density at radius 1 is 1.29 bits per heavy atom. The minimum Gasteiger partial charge on any atom is -0.461 e. The summed E-state index contributed by atoms with van der Waals surface area (Å²) in [4.78, 5) is 7.73. The Kier molecular flexibility index (Phi) is 4.93. The van der Waals surface area contributed by atoms with E-state index in [1.807, 2.05) is 0 Å². The maximum atomic E-state index is 5.33. The van der Waals surface area contributed by atoms with Gasteiger partial charge in [-0.15, -0.1) is 0 Å². The Labute approximate surface area is 84.3 Å². The summed E-state index contributed by atoms with van der Waals surface area (Å²) in [6.45, 7) is 6.03. The van der Waals surface area contributed by atoms with Crippen LogP contribution in [-0.2, 0) is 4.74 Å². The lowest BCUT2D eigenvalue weighted by Gasteiger charge is -2.06. The van der Waals surface area contributed by atoms with Crippen LogP contribution in [0.2, 0.25) is 0 Å². The lowest BCUT2D eigenvalue weighted by atomic mass is 10.2. The molecule has 1 rings (SSSR count). The molecule has 0 unspecified atom stereocenters. The van der Waals surface area contributed by atoms with Gasteiger partial charge in [0.2, 0.25) is 0 Å². The van der Waals surface area contributed by atoms with Gasteiger partial charge in [0.1, 0.15) is 6.61 Å². The van der Waals surface area contributed by atoms with E-state index in [-0.39, 0.29) is 0 Å². The van der Waals surface area contributed by atoms with E-state index in [4.69, 9.17) is 9.47 Å². The van der Waals surface area contributed by atoms with Crippen LogP contribution in [0.3, 0.4) is 0 Å². The van der Waals surface area contributed by atoms with Gasteiger partial charge in [0.25, 0.3) is 0 Å². The monoisotopic (exact) mass is 195 g/mol. The van der Waals surface area contributed by atoms with Crippen LogP contribution in [0, 0.1) is 12.0 Å². The van der Waals surface area contributed by atoms with Crippen LogP contribution in [0.25, 0.3) is 0 Å². The SMILES string of the molecule is CC(C)COCCOc1nc[c]cn1. The molecular weight excluding hydrogens is 180 g/mol. The molecule has 0 aliphatic rings. The third-order valence-corrected chi connectivity index (χ3v) is 1.41. The van der Waals surface area contributed by atoms with E-state index in [9.17, 15) is 0 Å². The minimum atomic E-state index is 0.372. The summed E-state index contributed by atoms with van der Waals surface area (Å²) >= 11 is 0. The van der Waals surface area contributed by atoms with Crippen LogP contribution in [-0.4, -0.2) is 29.8 Å². The first-order valence-corrected chi connectivity index (χ1v) is 4.67. The molecule has 0 atom stereocenters. The molecule has 77 valence electrons. The highest BCUT2D eigenvalue weighted by molar-refractivity contribution is 4.91. The van der Waals surface area contributed by atoms with Crippen molar-refractivity contribution in [1.82, 2.24) is 9.97 Å². The fourth-order valence-corrected chi connectivity index (χ4v) is 0.837. The van der Waals surface area contributed by atoms with Gasteiger partial charge in [-0.25, -0.2) is 9.97 Å². The minimum absolute atomic E-state index is 0.372. The van der Waals surface area contributed by atoms with Crippen molar-refractivity contribution in [3.63, 3.8) is 0 Å². The van der Waals surface area contributed by atoms with E-state index in [1.165, 1.54) is 12.4 Å². The van der Waals surface area contributed by atoms with Crippen molar-refractivity contribution in [2.45, 2.75) is 13.8 Å². The average Bonchev–Trinajstić information content (AvgIpc) is 2.18. The fraction of sp³-hybridized carbons (Fsp3) is 0.600. The van der Waals surface area contributed by atoms with Crippen molar-refractivity contribution in [2.75, 3.05) is 19.8 Å². The van der Waals surface area contributed by atoms with Gasteiger partial charge in [0, 0.05) is 25.1 Å². The predicted octanol–water partition coefficient (Wildman–Crippen LogP) is 1.33. The molecule has 1 radical (unpaired) electrons. The molecule has 4 heteroatoms. The Morgan fingerprint density at radius 2 is 2.00 bits per heavy atom. The highest BCUT2D eigenvalue weighted by Gasteiger charge is 1.96.